The summed E-state index contributed by atoms with van der Waals surface area (Å²) in [5.74, 6) is 2.18. The number of halogens is 1. The maximum Gasteiger partial charge on any atom is 0.253 e. The number of benzene rings is 2. The minimum atomic E-state index is -0.155. The van der Waals surface area contributed by atoms with Gasteiger partial charge in [-0.1, -0.05) is 32.0 Å². The van der Waals surface area contributed by atoms with Crippen molar-refractivity contribution in [2.75, 3.05) is 48.5 Å². The molecule has 33 heavy (non-hydrogen) atoms. The van der Waals surface area contributed by atoms with Crippen molar-refractivity contribution in [2.24, 2.45) is 4.99 Å². The van der Waals surface area contributed by atoms with Crippen molar-refractivity contribution < 1.29 is 14.3 Å². The second-order valence-electron chi connectivity index (χ2n) is 8.46. The second kappa shape index (κ2) is 13.3. The van der Waals surface area contributed by atoms with E-state index >= 15 is 0 Å². The minimum absolute atomic E-state index is 0. The third-order valence-electron chi connectivity index (χ3n) is 5.37. The Labute approximate surface area is 215 Å². The van der Waals surface area contributed by atoms with Crippen molar-refractivity contribution in [1.82, 2.24) is 15.5 Å². The molecule has 2 rings (SSSR count). The van der Waals surface area contributed by atoms with Gasteiger partial charge in [0.05, 0.1) is 14.2 Å². The van der Waals surface area contributed by atoms with Gasteiger partial charge in [-0.15, -0.1) is 24.0 Å². The monoisotopic (exact) mass is 568 g/mol. The molecule has 0 bridgehead atoms. The Hall–Kier alpha value is -2.49. The molecule has 0 aliphatic rings. The number of nitrogens with zero attached hydrogens (tertiary/aromatic N) is 2. The number of nitrogens with one attached hydrogen (secondary N) is 2. The average molecular weight is 569 g/mol. The molecule has 2 aromatic carbocycles. The van der Waals surface area contributed by atoms with E-state index in [2.05, 4.69) is 35.5 Å². The highest BCUT2D eigenvalue weighted by molar-refractivity contribution is 14.0. The van der Waals surface area contributed by atoms with E-state index in [0.717, 1.165) is 29.3 Å². The zero-order valence-corrected chi connectivity index (χ0v) is 23.0. The van der Waals surface area contributed by atoms with Crippen LogP contribution in [0.25, 0.3) is 0 Å². The highest BCUT2D eigenvalue weighted by Gasteiger charge is 2.22. The number of amides is 1. The van der Waals surface area contributed by atoms with Gasteiger partial charge < -0.3 is 25.0 Å². The molecule has 1 amide bonds. The van der Waals surface area contributed by atoms with E-state index in [1.54, 1.807) is 40.3 Å². The largest absolute Gasteiger partial charge is 0.493 e. The Balaban J connectivity index is 0.00000544. The van der Waals surface area contributed by atoms with Gasteiger partial charge in [0.2, 0.25) is 0 Å². The second-order valence-corrected chi connectivity index (χ2v) is 8.46. The van der Waals surface area contributed by atoms with Gasteiger partial charge in [-0.2, -0.15) is 0 Å². The molecule has 0 spiro atoms. The number of hydrogen-bond acceptors (Lipinski definition) is 4. The van der Waals surface area contributed by atoms with Gasteiger partial charge in [0.15, 0.2) is 17.5 Å². The molecule has 0 radical (unpaired) electrons. The third-order valence-corrected chi connectivity index (χ3v) is 5.37. The van der Waals surface area contributed by atoms with Gasteiger partial charge in [0, 0.05) is 45.2 Å². The molecule has 0 saturated heterocycles. The van der Waals surface area contributed by atoms with Crippen molar-refractivity contribution >= 4 is 35.8 Å². The van der Waals surface area contributed by atoms with E-state index in [-0.39, 0.29) is 35.3 Å². The van der Waals surface area contributed by atoms with Crippen LogP contribution < -0.4 is 20.1 Å². The first-order valence-electron chi connectivity index (χ1n) is 10.7. The fraction of sp³-hybridized carbons (Fsp3) is 0.440. The summed E-state index contributed by atoms with van der Waals surface area (Å²) in [6.07, 6.45) is 0.786. The first kappa shape index (κ1) is 28.5. The molecule has 0 saturated carbocycles. The van der Waals surface area contributed by atoms with E-state index in [0.29, 0.717) is 24.4 Å². The van der Waals surface area contributed by atoms with E-state index in [1.807, 2.05) is 36.4 Å². The lowest BCUT2D eigenvalue weighted by atomic mass is 9.84. The normalized spacial score (nSPS) is 11.3. The zero-order valence-electron chi connectivity index (χ0n) is 20.7. The lowest BCUT2D eigenvalue weighted by Crippen LogP contribution is -2.44. The van der Waals surface area contributed by atoms with E-state index in [1.165, 1.54) is 0 Å². The summed E-state index contributed by atoms with van der Waals surface area (Å²) < 4.78 is 10.8. The van der Waals surface area contributed by atoms with Crippen LogP contribution in [-0.2, 0) is 11.8 Å². The van der Waals surface area contributed by atoms with Crippen LogP contribution in [0.4, 0.5) is 0 Å². The fourth-order valence-electron chi connectivity index (χ4n) is 3.33. The molecule has 0 heterocycles. The Morgan fingerprint density at radius 2 is 1.73 bits per heavy atom. The SMILES string of the molecule is CN=C(NCCc1cccc(C(=O)N(C)C)c1)NCC(C)(C)c1ccc(OC)c(OC)c1.I. The molecule has 8 heteroatoms. The first-order chi connectivity index (χ1) is 15.2. The molecule has 0 fully saturated rings. The number of aliphatic imine (C=N–C) groups is 1. The number of carbonyl (C=O) groups is 1. The van der Waals surface area contributed by atoms with E-state index < -0.39 is 0 Å². The van der Waals surface area contributed by atoms with Crippen LogP contribution in [0.15, 0.2) is 47.5 Å². The molecule has 182 valence electrons. The van der Waals surface area contributed by atoms with Crippen LogP contribution in [0.5, 0.6) is 11.5 Å². The average Bonchev–Trinajstić information content (AvgIpc) is 2.80. The van der Waals surface area contributed by atoms with Gasteiger partial charge >= 0.3 is 0 Å². The quantitative estimate of drug-likeness (QED) is 0.274. The number of guanidine groups is 1. The molecule has 0 aliphatic heterocycles. The van der Waals surface area contributed by atoms with Crippen molar-refractivity contribution in [3.05, 3.63) is 59.2 Å². The lowest BCUT2D eigenvalue weighted by molar-refractivity contribution is 0.0827. The summed E-state index contributed by atoms with van der Waals surface area (Å²) in [6, 6.07) is 13.7. The third kappa shape index (κ3) is 8.10. The molecule has 2 N–H and O–H groups in total. The van der Waals surface area contributed by atoms with Crippen molar-refractivity contribution in [2.45, 2.75) is 25.7 Å². The zero-order chi connectivity index (χ0) is 23.7. The van der Waals surface area contributed by atoms with Gasteiger partial charge in [-0.05, 0) is 41.8 Å². The van der Waals surface area contributed by atoms with Crippen LogP contribution in [0.1, 0.15) is 35.3 Å². The van der Waals surface area contributed by atoms with Crippen molar-refractivity contribution in [3.63, 3.8) is 0 Å². The predicted octanol–water partition coefficient (Wildman–Crippen LogP) is 3.71. The minimum Gasteiger partial charge on any atom is -0.493 e. The van der Waals surface area contributed by atoms with Crippen LogP contribution in [0, 0.1) is 0 Å². The van der Waals surface area contributed by atoms with Crippen LogP contribution in [0.3, 0.4) is 0 Å². The van der Waals surface area contributed by atoms with Crippen molar-refractivity contribution in [1.29, 1.82) is 0 Å². The summed E-state index contributed by atoms with van der Waals surface area (Å²) in [5.41, 5.74) is 2.79. The fourth-order valence-corrected chi connectivity index (χ4v) is 3.33. The summed E-state index contributed by atoms with van der Waals surface area (Å²) >= 11 is 0. The highest BCUT2D eigenvalue weighted by Crippen LogP contribution is 2.32. The molecule has 0 aliphatic carbocycles. The predicted molar refractivity (Wildman–Crippen MR) is 146 cm³/mol. The Bertz CT molecular complexity index is 945. The molecular formula is C25H37IN4O3. The Kier molecular flexibility index (Phi) is 11.5. The molecule has 2 aromatic rings. The van der Waals surface area contributed by atoms with Gasteiger partial charge in [-0.3, -0.25) is 9.79 Å². The van der Waals surface area contributed by atoms with E-state index in [9.17, 15) is 4.79 Å². The maximum atomic E-state index is 12.2. The standard InChI is InChI=1S/C25H36N4O3.HI/c1-25(2,20-11-12-21(31-6)22(16-20)32-7)17-28-24(26-3)27-14-13-18-9-8-10-19(15-18)23(30)29(4)5;/h8-12,15-16H,13-14,17H2,1-7H3,(H2,26,27,28);1H. The number of ether oxygens (including phenoxy) is 2. The molecule has 7 nitrogen and oxygen atoms in total. The topological polar surface area (TPSA) is 75.2 Å². The lowest BCUT2D eigenvalue weighted by Gasteiger charge is -2.27. The van der Waals surface area contributed by atoms with E-state index in [4.69, 9.17) is 9.47 Å². The Morgan fingerprint density at radius 3 is 2.33 bits per heavy atom. The first-order valence-corrected chi connectivity index (χ1v) is 10.7. The summed E-state index contributed by atoms with van der Waals surface area (Å²) in [4.78, 5) is 18.1. The Morgan fingerprint density at radius 1 is 1.03 bits per heavy atom. The smallest absolute Gasteiger partial charge is 0.253 e. The summed E-state index contributed by atoms with van der Waals surface area (Å²) in [5, 5.41) is 6.76. The number of rotatable bonds is 9. The van der Waals surface area contributed by atoms with Crippen molar-refractivity contribution in [3.8, 4) is 11.5 Å². The maximum absolute atomic E-state index is 12.2. The molecular weight excluding hydrogens is 531 g/mol. The molecule has 0 unspecified atom stereocenters. The van der Waals surface area contributed by atoms with Gasteiger partial charge in [0.25, 0.3) is 5.91 Å². The van der Waals surface area contributed by atoms with Gasteiger partial charge in [0.1, 0.15) is 0 Å². The molecule has 0 aromatic heterocycles. The highest BCUT2D eigenvalue weighted by atomic mass is 127. The summed E-state index contributed by atoms with van der Waals surface area (Å²) in [6.45, 7) is 5.73. The van der Waals surface area contributed by atoms with Crippen LogP contribution in [-0.4, -0.2) is 65.2 Å². The van der Waals surface area contributed by atoms with Gasteiger partial charge in [-0.25, -0.2) is 0 Å². The van der Waals surface area contributed by atoms with Crippen LogP contribution in [0.2, 0.25) is 0 Å². The number of carbonyl (C=O) groups excluding carboxylic acids is 1. The number of methoxy groups -OCH3 is 2. The molecule has 0 atom stereocenters. The van der Waals surface area contributed by atoms with Crippen LogP contribution >= 0.6 is 24.0 Å². The summed E-state index contributed by atoms with van der Waals surface area (Å²) in [7, 11) is 8.56. The number of hydrogen-bond donors (Lipinski definition) is 2.